The Morgan fingerprint density at radius 2 is 1.22 bits per heavy atom. The molecule has 0 spiro atoms. The average molecular weight is 610 g/mol. The molecule has 0 radical (unpaired) electrons. The van der Waals surface area contributed by atoms with E-state index in [1.807, 2.05) is 12.1 Å². The maximum absolute atomic E-state index is 6.31. The van der Waals surface area contributed by atoms with Crippen molar-refractivity contribution in [2.75, 3.05) is 4.90 Å². The molecule has 0 unspecified atom stereocenters. The molecule has 0 saturated carbocycles. The molecule has 7 aromatic rings. The van der Waals surface area contributed by atoms with E-state index >= 15 is 0 Å². The smallest absolute Gasteiger partial charge is 0.142 e. The number of anilines is 3. The number of hydrogen-bond acceptors (Lipinski definition) is 3. The second kappa shape index (κ2) is 10.4. The second-order valence-electron chi connectivity index (χ2n) is 12.6. The van der Waals surface area contributed by atoms with Crippen LogP contribution in [0, 0.1) is 0 Å². The van der Waals surface area contributed by atoms with Gasteiger partial charge in [0.15, 0.2) is 0 Å². The molecule has 3 heteroatoms. The molecule has 2 aliphatic rings. The topological polar surface area (TPSA) is 12.5 Å². The molecule has 0 bridgehead atoms. The highest BCUT2D eigenvalue weighted by molar-refractivity contribution is 7.99. The summed E-state index contributed by atoms with van der Waals surface area (Å²) in [5, 5.41) is 2.45. The largest absolute Gasteiger partial charge is 0.455 e. The van der Waals surface area contributed by atoms with Crippen LogP contribution in [0.15, 0.2) is 161 Å². The van der Waals surface area contributed by atoms with E-state index < -0.39 is 0 Å². The monoisotopic (exact) mass is 609 g/mol. The summed E-state index contributed by atoms with van der Waals surface area (Å²) in [4.78, 5) is 4.71. The third-order valence-corrected chi connectivity index (χ3v) is 10.7. The quantitative estimate of drug-likeness (QED) is 0.197. The summed E-state index contributed by atoms with van der Waals surface area (Å²) in [5.41, 5.74) is 11.1. The van der Waals surface area contributed by atoms with Gasteiger partial charge in [-0.1, -0.05) is 129 Å². The van der Waals surface area contributed by atoms with Crippen LogP contribution >= 0.6 is 11.8 Å². The third-order valence-electron chi connectivity index (χ3n) is 9.53. The molecule has 1 heterocycles. The zero-order valence-corrected chi connectivity index (χ0v) is 26.5. The summed E-state index contributed by atoms with van der Waals surface area (Å²) in [7, 11) is 0. The molecule has 0 N–H and O–H groups in total. The molecular formula is C43H31NOS. The van der Waals surface area contributed by atoms with Crippen molar-refractivity contribution in [1.29, 1.82) is 0 Å². The number of benzene rings is 7. The van der Waals surface area contributed by atoms with Crippen molar-refractivity contribution in [3.8, 4) is 33.8 Å². The predicted molar refractivity (Wildman–Crippen MR) is 192 cm³/mol. The van der Waals surface area contributed by atoms with E-state index in [9.17, 15) is 0 Å². The minimum absolute atomic E-state index is 0.0824. The Kier molecular flexibility index (Phi) is 6.13. The minimum Gasteiger partial charge on any atom is -0.455 e. The van der Waals surface area contributed by atoms with Gasteiger partial charge in [0.1, 0.15) is 11.5 Å². The van der Waals surface area contributed by atoms with Crippen LogP contribution in [-0.4, -0.2) is 0 Å². The molecule has 220 valence electrons. The van der Waals surface area contributed by atoms with E-state index in [1.54, 1.807) is 11.8 Å². The lowest BCUT2D eigenvalue weighted by atomic mass is 9.82. The van der Waals surface area contributed by atoms with E-state index in [4.69, 9.17) is 4.74 Å². The van der Waals surface area contributed by atoms with Gasteiger partial charge in [0.05, 0.1) is 15.5 Å². The first-order valence-corrected chi connectivity index (χ1v) is 16.6. The van der Waals surface area contributed by atoms with Gasteiger partial charge >= 0.3 is 0 Å². The first kappa shape index (κ1) is 27.1. The van der Waals surface area contributed by atoms with Gasteiger partial charge in [-0.3, -0.25) is 0 Å². The fourth-order valence-corrected chi connectivity index (χ4v) is 8.31. The molecule has 46 heavy (non-hydrogen) atoms. The van der Waals surface area contributed by atoms with Crippen molar-refractivity contribution in [1.82, 2.24) is 0 Å². The lowest BCUT2D eigenvalue weighted by Crippen LogP contribution is -2.16. The van der Waals surface area contributed by atoms with Crippen molar-refractivity contribution < 1.29 is 4.74 Å². The Balaban J connectivity index is 1.18. The fourth-order valence-electron chi connectivity index (χ4n) is 7.23. The summed E-state index contributed by atoms with van der Waals surface area (Å²) < 4.78 is 6.31. The lowest BCUT2D eigenvalue weighted by molar-refractivity contribution is 0.455. The standard InChI is InChI=1S/C43H31NOS/c1-43(2)36-16-6-5-14-34(36)35-26-25-31(27-37(35)43)44(38-17-9-12-28-11-3-4-13-32(28)38)30-23-21-29(22-24-30)33-15-10-19-40-42(33)46-41-20-8-7-18-39(41)45-40/h3-27H,1-2H3. The van der Waals surface area contributed by atoms with Crippen LogP contribution in [0.25, 0.3) is 33.0 Å². The van der Waals surface area contributed by atoms with Gasteiger partial charge in [0.2, 0.25) is 0 Å². The molecule has 2 nitrogen and oxygen atoms in total. The SMILES string of the molecule is CC1(C)c2ccccc2-c2ccc(N(c3ccc(-c4cccc5c4Sc4ccccc4O5)cc3)c3cccc4ccccc34)cc21. The van der Waals surface area contributed by atoms with Gasteiger partial charge in [-0.05, 0) is 87.3 Å². The van der Waals surface area contributed by atoms with Crippen molar-refractivity contribution in [2.24, 2.45) is 0 Å². The van der Waals surface area contributed by atoms with Crippen LogP contribution in [0.4, 0.5) is 17.1 Å². The summed E-state index contributed by atoms with van der Waals surface area (Å²) in [5.74, 6) is 1.82. The molecule has 0 aromatic heterocycles. The highest BCUT2D eigenvalue weighted by atomic mass is 32.2. The van der Waals surface area contributed by atoms with Crippen LogP contribution in [0.2, 0.25) is 0 Å². The zero-order valence-electron chi connectivity index (χ0n) is 25.7. The van der Waals surface area contributed by atoms with Crippen LogP contribution in [-0.2, 0) is 5.41 Å². The summed E-state index contributed by atoms with van der Waals surface area (Å²) in [6.07, 6.45) is 0. The number of rotatable bonds is 4. The van der Waals surface area contributed by atoms with Gasteiger partial charge in [-0.2, -0.15) is 0 Å². The molecule has 0 atom stereocenters. The molecule has 0 amide bonds. The number of fused-ring (bicyclic) bond motifs is 6. The van der Waals surface area contributed by atoms with E-state index in [0.29, 0.717) is 0 Å². The molecule has 7 aromatic carbocycles. The maximum Gasteiger partial charge on any atom is 0.142 e. The third kappa shape index (κ3) is 4.19. The van der Waals surface area contributed by atoms with E-state index in [1.165, 1.54) is 44.2 Å². The van der Waals surface area contributed by atoms with Gasteiger partial charge < -0.3 is 9.64 Å². The number of ether oxygens (including phenoxy) is 1. The molecule has 1 aliphatic carbocycles. The maximum atomic E-state index is 6.31. The molecule has 0 saturated heterocycles. The average Bonchev–Trinajstić information content (AvgIpc) is 3.33. The highest BCUT2D eigenvalue weighted by Crippen LogP contribution is 2.52. The zero-order chi connectivity index (χ0) is 30.8. The summed E-state index contributed by atoms with van der Waals surface area (Å²) >= 11 is 1.78. The van der Waals surface area contributed by atoms with Gasteiger partial charge in [-0.25, -0.2) is 0 Å². The van der Waals surface area contributed by atoms with Crippen LogP contribution in [0.5, 0.6) is 11.5 Å². The Hall–Kier alpha value is -5.25. The van der Waals surface area contributed by atoms with Gasteiger partial charge in [0, 0.05) is 22.2 Å². The number of para-hydroxylation sites is 1. The van der Waals surface area contributed by atoms with Crippen molar-refractivity contribution in [3.63, 3.8) is 0 Å². The first-order chi connectivity index (χ1) is 22.6. The Morgan fingerprint density at radius 3 is 2.13 bits per heavy atom. The molecule has 1 aliphatic heterocycles. The lowest BCUT2D eigenvalue weighted by Gasteiger charge is -2.29. The van der Waals surface area contributed by atoms with Crippen molar-refractivity contribution in [3.05, 3.63) is 163 Å². The van der Waals surface area contributed by atoms with E-state index in [-0.39, 0.29) is 5.41 Å². The number of hydrogen-bond donors (Lipinski definition) is 0. The fraction of sp³-hybridized carbons (Fsp3) is 0.0698. The Bertz CT molecular complexity index is 2300. The van der Waals surface area contributed by atoms with Crippen LogP contribution < -0.4 is 9.64 Å². The molecule has 9 rings (SSSR count). The van der Waals surface area contributed by atoms with Gasteiger partial charge in [0.25, 0.3) is 0 Å². The van der Waals surface area contributed by atoms with E-state index in [0.717, 1.165) is 38.4 Å². The van der Waals surface area contributed by atoms with Gasteiger partial charge in [-0.15, -0.1) is 0 Å². The normalized spacial score (nSPS) is 13.7. The highest BCUT2D eigenvalue weighted by Gasteiger charge is 2.35. The summed E-state index contributed by atoms with van der Waals surface area (Å²) in [6.45, 7) is 4.69. The Morgan fingerprint density at radius 1 is 0.543 bits per heavy atom. The number of nitrogens with zero attached hydrogens (tertiary/aromatic N) is 1. The van der Waals surface area contributed by atoms with Crippen molar-refractivity contribution in [2.45, 2.75) is 29.1 Å². The predicted octanol–water partition coefficient (Wildman–Crippen LogP) is 12.5. The molecule has 0 fully saturated rings. The summed E-state index contributed by atoms with van der Waals surface area (Å²) in [6, 6.07) is 54.7. The second-order valence-corrected chi connectivity index (χ2v) is 13.6. The Labute approximate surface area is 273 Å². The van der Waals surface area contributed by atoms with Crippen LogP contribution in [0.3, 0.4) is 0 Å². The minimum atomic E-state index is -0.0824. The van der Waals surface area contributed by atoms with E-state index in [2.05, 4.69) is 158 Å². The molecular weight excluding hydrogens is 579 g/mol. The van der Waals surface area contributed by atoms with Crippen molar-refractivity contribution >= 4 is 39.6 Å². The first-order valence-electron chi connectivity index (χ1n) is 15.8. The van der Waals surface area contributed by atoms with Crippen LogP contribution in [0.1, 0.15) is 25.0 Å².